The molecule has 0 atom stereocenters. The minimum atomic E-state index is -0.0886. The number of hydrogen-bond acceptors (Lipinski definition) is 3. The monoisotopic (exact) mass is 288 g/mol. The molecule has 4 heteroatoms. The largest absolute Gasteiger partial charge is 0.466 e. The zero-order chi connectivity index (χ0) is 15.1. The normalized spacial score (nSPS) is 11.0. The number of para-hydroxylation sites is 1. The van der Waals surface area contributed by atoms with Crippen LogP contribution in [0.4, 0.5) is 0 Å². The van der Waals surface area contributed by atoms with E-state index >= 15 is 0 Å². The van der Waals surface area contributed by atoms with Crippen LogP contribution in [0.3, 0.4) is 0 Å². The zero-order valence-corrected chi connectivity index (χ0v) is 12.7. The third-order valence-corrected chi connectivity index (χ3v) is 3.68. The van der Waals surface area contributed by atoms with Gasteiger partial charge in [-0.15, -0.1) is 0 Å². The van der Waals surface area contributed by atoms with E-state index in [1.54, 1.807) is 0 Å². The Balaban J connectivity index is 1.85. The number of fused-ring (bicyclic) bond motifs is 1. The third-order valence-electron chi connectivity index (χ3n) is 3.68. The highest BCUT2D eigenvalue weighted by molar-refractivity contribution is 5.83. The van der Waals surface area contributed by atoms with Crippen LogP contribution in [0.5, 0.6) is 0 Å². The molecule has 114 valence electrons. The van der Waals surface area contributed by atoms with Crippen molar-refractivity contribution in [1.82, 2.24) is 4.57 Å². The lowest BCUT2D eigenvalue weighted by molar-refractivity contribution is -0.143. The van der Waals surface area contributed by atoms with Gasteiger partial charge in [-0.1, -0.05) is 24.6 Å². The maximum absolute atomic E-state index is 11.3. The fourth-order valence-electron chi connectivity index (χ4n) is 2.63. The molecule has 0 aliphatic heterocycles. The highest BCUT2D eigenvalue weighted by atomic mass is 16.5. The summed E-state index contributed by atoms with van der Waals surface area (Å²) in [4.78, 5) is 11.3. The molecule has 0 fully saturated rings. The summed E-state index contributed by atoms with van der Waals surface area (Å²) < 4.78 is 7.19. The van der Waals surface area contributed by atoms with Crippen molar-refractivity contribution >= 4 is 16.9 Å². The van der Waals surface area contributed by atoms with Gasteiger partial charge in [0.2, 0.25) is 0 Å². The quantitative estimate of drug-likeness (QED) is 0.599. The smallest absolute Gasteiger partial charge is 0.305 e. The molecule has 0 saturated heterocycles. The Bertz CT molecular complexity index is 589. The summed E-state index contributed by atoms with van der Waals surface area (Å²) in [5.74, 6) is -0.0886. The van der Waals surface area contributed by atoms with Crippen LogP contribution in [0.15, 0.2) is 30.5 Å². The number of nitrogens with zero attached hydrogens (tertiary/aromatic N) is 1. The number of unbranched alkanes of at least 4 members (excludes halogenated alkanes) is 2. The van der Waals surface area contributed by atoms with Crippen LogP contribution in [0.25, 0.3) is 10.9 Å². The van der Waals surface area contributed by atoms with Gasteiger partial charge < -0.3 is 15.0 Å². The van der Waals surface area contributed by atoms with Gasteiger partial charge in [-0.05, 0) is 31.4 Å². The molecule has 0 spiro atoms. The molecular weight excluding hydrogens is 264 g/mol. The zero-order valence-electron chi connectivity index (χ0n) is 12.7. The Morgan fingerprint density at radius 2 is 2.05 bits per heavy atom. The number of aromatic nitrogens is 1. The molecule has 0 amide bonds. The predicted octanol–water partition coefficient (Wildman–Crippen LogP) is 3.22. The summed E-state index contributed by atoms with van der Waals surface area (Å²) >= 11 is 0. The molecule has 0 aliphatic carbocycles. The molecule has 0 bridgehead atoms. The van der Waals surface area contributed by atoms with Crippen molar-refractivity contribution in [1.29, 1.82) is 0 Å². The Morgan fingerprint density at radius 3 is 2.81 bits per heavy atom. The topological polar surface area (TPSA) is 57.2 Å². The molecule has 1 aromatic heterocycles. The second-order valence-electron chi connectivity index (χ2n) is 5.18. The van der Waals surface area contributed by atoms with E-state index in [0.29, 0.717) is 19.6 Å². The number of carbonyl (C=O) groups excluding carboxylic acids is 1. The highest BCUT2D eigenvalue weighted by Gasteiger charge is 2.06. The van der Waals surface area contributed by atoms with Crippen molar-refractivity contribution in [3.8, 4) is 0 Å². The number of ether oxygens (including phenoxy) is 1. The first-order valence-electron chi connectivity index (χ1n) is 7.68. The summed E-state index contributed by atoms with van der Waals surface area (Å²) in [6, 6.07) is 8.35. The fraction of sp³-hybridized carbons (Fsp3) is 0.471. The fourth-order valence-corrected chi connectivity index (χ4v) is 2.63. The van der Waals surface area contributed by atoms with Crippen LogP contribution < -0.4 is 5.73 Å². The Hall–Kier alpha value is -1.81. The molecule has 0 aliphatic rings. The van der Waals surface area contributed by atoms with E-state index in [2.05, 4.69) is 29.0 Å². The van der Waals surface area contributed by atoms with Crippen LogP contribution in [0.1, 0.15) is 38.2 Å². The minimum absolute atomic E-state index is 0.0886. The number of esters is 1. The number of rotatable bonds is 8. The summed E-state index contributed by atoms with van der Waals surface area (Å²) in [5, 5.41) is 1.24. The van der Waals surface area contributed by atoms with Crippen LogP contribution in [-0.2, 0) is 22.6 Å². The minimum Gasteiger partial charge on any atom is -0.466 e. The van der Waals surface area contributed by atoms with Gasteiger partial charge in [-0.2, -0.15) is 0 Å². The van der Waals surface area contributed by atoms with Gasteiger partial charge in [0.05, 0.1) is 6.61 Å². The van der Waals surface area contributed by atoms with E-state index in [-0.39, 0.29) is 5.97 Å². The lowest BCUT2D eigenvalue weighted by atomic mass is 10.2. The van der Waals surface area contributed by atoms with Crippen LogP contribution in [0.2, 0.25) is 0 Å². The van der Waals surface area contributed by atoms with E-state index in [9.17, 15) is 4.79 Å². The summed E-state index contributed by atoms with van der Waals surface area (Å²) in [6.07, 6.45) is 5.65. The molecular formula is C17H24N2O2. The molecule has 2 aromatic rings. The lowest BCUT2D eigenvalue weighted by Crippen LogP contribution is -2.03. The van der Waals surface area contributed by atoms with Gasteiger partial charge in [0.15, 0.2) is 0 Å². The van der Waals surface area contributed by atoms with E-state index < -0.39 is 0 Å². The Morgan fingerprint density at radius 1 is 1.24 bits per heavy atom. The molecule has 1 heterocycles. The van der Waals surface area contributed by atoms with E-state index in [0.717, 1.165) is 25.8 Å². The van der Waals surface area contributed by atoms with Crippen molar-refractivity contribution in [3.63, 3.8) is 0 Å². The number of aryl methyl sites for hydroxylation is 1. The Labute approximate surface area is 125 Å². The first kappa shape index (κ1) is 15.6. The summed E-state index contributed by atoms with van der Waals surface area (Å²) in [5.41, 5.74) is 8.23. The number of benzene rings is 1. The molecule has 0 saturated carbocycles. The summed E-state index contributed by atoms with van der Waals surface area (Å²) in [6.45, 7) is 3.83. The predicted molar refractivity (Wildman–Crippen MR) is 84.9 cm³/mol. The van der Waals surface area contributed by atoms with Crippen molar-refractivity contribution in [2.75, 3.05) is 6.61 Å². The first-order chi connectivity index (χ1) is 10.3. The maximum Gasteiger partial charge on any atom is 0.305 e. The van der Waals surface area contributed by atoms with Gasteiger partial charge in [-0.3, -0.25) is 4.79 Å². The van der Waals surface area contributed by atoms with E-state index in [1.165, 1.54) is 16.5 Å². The Kier molecular flexibility index (Phi) is 5.81. The molecule has 0 unspecified atom stereocenters. The maximum atomic E-state index is 11.3. The van der Waals surface area contributed by atoms with Gasteiger partial charge >= 0.3 is 5.97 Å². The van der Waals surface area contributed by atoms with Crippen LogP contribution >= 0.6 is 0 Å². The van der Waals surface area contributed by atoms with Gasteiger partial charge in [0.1, 0.15) is 0 Å². The highest BCUT2D eigenvalue weighted by Crippen LogP contribution is 2.21. The van der Waals surface area contributed by atoms with Crippen molar-refractivity contribution < 1.29 is 9.53 Å². The van der Waals surface area contributed by atoms with Crippen molar-refractivity contribution in [3.05, 3.63) is 36.0 Å². The summed E-state index contributed by atoms with van der Waals surface area (Å²) in [7, 11) is 0. The van der Waals surface area contributed by atoms with Gasteiger partial charge in [0, 0.05) is 36.6 Å². The standard InChI is InChI=1S/C17H24N2O2/c1-2-21-17(20)10-4-3-7-11-19-13-14(12-18)15-8-5-6-9-16(15)19/h5-6,8-9,13H,2-4,7,10-12,18H2,1H3. The van der Waals surface area contributed by atoms with Crippen molar-refractivity contribution in [2.24, 2.45) is 5.73 Å². The second kappa shape index (κ2) is 7.84. The molecule has 2 N–H and O–H groups in total. The van der Waals surface area contributed by atoms with E-state index in [4.69, 9.17) is 10.5 Å². The van der Waals surface area contributed by atoms with E-state index in [1.807, 2.05) is 13.0 Å². The number of carbonyl (C=O) groups is 1. The SMILES string of the molecule is CCOC(=O)CCCCCn1cc(CN)c2ccccc21. The average molecular weight is 288 g/mol. The molecule has 2 rings (SSSR count). The first-order valence-corrected chi connectivity index (χ1v) is 7.68. The molecule has 0 radical (unpaired) electrons. The molecule has 4 nitrogen and oxygen atoms in total. The lowest BCUT2D eigenvalue weighted by Gasteiger charge is -2.05. The molecule has 1 aromatic carbocycles. The van der Waals surface area contributed by atoms with Gasteiger partial charge in [0.25, 0.3) is 0 Å². The third kappa shape index (κ3) is 4.08. The van der Waals surface area contributed by atoms with Crippen molar-refractivity contribution in [2.45, 2.75) is 45.7 Å². The molecule has 21 heavy (non-hydrogen) atoms. The average Bonchev–Trinajstić information content (AvgIpc) is 2.85. The second-order valence-corrected chi connectivity index (χ2v) is 5.18. The van der Waals surface area contributed by atoms with Crippen LogP contribution in [0, 0.1) is 0 Å². The number of hydrogen-bond donors (Lipinski definition) is 1. The number of nitrogens with two attached hydrogens (primary N) is 1. The van der Waals surface area contributed by atoms with Crippen LogP contribution in [-0.4, -0.2) is 17.1 Å². The van der Waals surface area contributed by atoms with Gasteiger partial charge in [-0.25, -0.2) is 0 Å².